The number of carbonyl (C=O) groups excluding carboxylic acids is 1. The SMILES string of the molecule is CCCCCCCC/C=C\CCCCCCCCOCC(C)(C)C=O. The zero-order valence-electron chi connectivity index (χ0n) is 17.4. The van der Waals surface area contributed by atoms with Crippen molar-refractivity contribution in [2.45, 2.75) is 111 Å². The molecule has 0 unspecified atom stereocenters. The smallest absolute Gasteiger partial charge is 0.127 e. The monoisotopic (exact) mass is 352 g/mol. The standard InChI is InChI=1S/C23H44O2/c1-4-5-6-7-8-9-10-11-12-13-14-15-16-17-18-19-20-25-22-23(2,3)21-24/h11-12,21H,4-10,13-20,22H2,1-3H3/b12-11-. The highest BCUT2D eigenvalue weighted by Crippen LogP contribution is 2.12. The third-order valence-corrected chi connectivity index (χ3v) is 4.59. The summed E-state index contributed by atoms with van der Waals surface area (Å²) in [5.41, 5.74) is -0.331. The fourth-order valence-electron chi connectivity index (χ4n) is 2.82. The van der Waals surface area contributed by atoms with Gasteiger partial charge in [-0.15, -0.1) is 0 Å². The number of aldehydes is 1. The molecular weight excluding hydrogens is 308 g/mol. The first-order valence-electron chi connectivity index (χ1n) is 10.8. The van der Waals surface area contributed by atoms with Crippen LogP contribution in [0.3, 0.4) is 0 Å². The third-order valence-electron chi connectivity index (χ3n) is 4.59. The van der Waals surface area contributed by atoms with Gasteiger partial charge in [0.05, 0.1) is 6.61 Å². The topological polar surface area (TPSA) is 26.3 Å². The Bertz CT molecular complexity index is 307. The average Bonchev–Trinajstić information content (AvgIpc) is 2.60. The number of ether oxygens (including phenoxy) is 1. The first-order chi connectivity index (χ1) is 12.1. The number of unbranched alkanes of at least 4 members (excludes halogenated alkanes) is 12. The second-order valence-electron chi connectivity index (χ2n) is 8.10. The van der Waals surface area contributed by atoms with Gasteiger partial charge in [0.25, 0.3) is 0 Å². The summed E-state index contributed by atoms with van der Waals surface area (Å²) < 4.78 is 5.57. The molecule has 0 bridgehead atoms. The summed E-state index contributed by atoms with van der Waals surface area (Å²) in [5.74, 6) is 0. The van der Waals surface area contributed by atoms with Gasteiger partial charge in [-0.1, -0.05) is 90.7 Å². The van der Waals surface area contributed by atoms with Gasteiger partial charge in [-0.3, -0.25) is 0 Å². The summed E-state index contributed by atoms with van der Waals surface area (Å²) in [6.45, 7) is 7.44. The van der Waals surface area contributed by atoms with Gasteiger partial charge < -0.3 is 9.53 Å². The van der Waals surface area contributed by atoms with Crippen LogP contribution in [-0.4, -0.2) is 19.5 Å². The minimum Gasteiger partial charge on any atom is -0.380 e. The summed E-state index contributed by atoms with van der Waals surface area (Å²) in [6.07, 6.45) is 24.3. The van der Waals surface area contributed by atoms with Crippen LogP contribution >= 0.6 is 0 Å². The number of carbonyl (C=O) groups is 1. The molecule has 0 heterocycles. The Balaban J connectivity index is 3.16. The summed E-state index contributed by atoms with van der Waals surface area (Å²) >= 11 is 0. The molecule has 0 aliphatic heterocycles. The number of allylic oxidation sites excluding steroid dienone is 2. The van der Waals surface area contributed by atoms with E-state index in [-0.39, 0.29) is 5.41 Å². The van der Waals surface area contributed by atoms with Crippen molar-refractivity contribution in [3.63, 3.8) is 0 Å². The Morgan fingerprint density at radius 2 is 1.20 bits per heavy atom. The highest BCUT2D eigenvalue weighted by atomic mass is 16.5. The van der Waals surface area contributed by atoms with Gasteiger partial charge in [0.15, 0.2) is 0 Å². The van der Waals surface area contributed by atoms with Crippen molar-refractivity contribution in [3.05, 3.63) is 12.2 Å². The molecule has 0 N–H and O–H groups in total. The van der Waals surface area contributed by atoms with Gasteiger partial charge in [-0.25, -0.2) is 0 Å². The molecule has 0 saturated carbocycles. The van der Waals surface area contributed by atoms with Crippen molar-refractivity contribution in [2.24, 2.45) is 5.41 Å². The largest absolute Gasteiger partial charge is 0.380 e. The molecule has 0 atom stereocenters. The molecule has 0 aliphatic carbocycles. The van der Waals surface area contributed by atoms with Crippen molar-refractivity contribution in [2.75, 3.05) is 13.2 Å². The lowest BCUT2D eigenvalue weighted by Gasteiger charge is -2.16. The Hall–Kier alpha value is -0.630. The first-order valence-corrected chi connectivity index (χ1v) is 10.8. The Labute approximate surface area is 157 Å². The van der Waals surface area contributed by atoms with E-state index in [1.165, 1.54) is 83.5 Å². The minimum atomic E-state index is -0.331. The van der Waals surface area contributed by atoms with Crippen LogP contribution in [0.15, 0.2) is 12.2 Å². The van der Waals surface area contributed by atoms with Gasteiger partial charge in [0.1, 0.15) is 6.29 Å². The fourth-order valence-corrected chi connectivity index (χ4v) is 2.82. The van der Waals surface area contributed by atoms with Crippen LogP contribution in [0.1, 0.15) is 111 Å². The van der Waals surface area contributed by atoms with Crippen molar-refractivity contribution in [1.82, 2.24) is 0 Å². The maximum Gasteiger partial charge on any atom is 0.127 e. The maximum absolute atomic E-state index is 10.8. The van der Waals surface area contributed by atoms with Gasteiger partial charge in [-0.05, 0) is 32.1 Å². The zero-order chi connectivity index (χ0) is 18.6. The average molecular weight is 353 g/mol. The molecule has 0 spiro atoms. The van der Waals surface area contributed by atoms with E-state index in [1.54, 1.807) is 0 Å². The lowest BCUT2D eigenvalue weighted by atomic mass is 9.98. The van der Waals surface area contributed by atoms with Gasteiger partial charge in [0.2, 0.25) is 0 Å². The molecular formula is C23H44O2. The summed E-state index contributed by atoms with van der Waals surface area (Å²) in [7, 11) is 0. The van der Waals surface area contributed by atoms with Crippen LogP contribution in [0.5, 0.6) is 0 Å². The first kappa shape index (κ1) is 24.4. The van der Waals surface area contributed by atoms with Crippen LogP contribution in [0.4, 0.5) is 0 Å². The molecule has 0 aromatic heterocycles. The zero-order valence-corrected chi connectivity index (χ0v) is 17.4. The van der Waals surface area contributed by atoms with Gasteiger partial charge >= 0.3 is 0 Å². The molecule has 0 saturated heterocycles. The summed E-state index contributed by atoms with van der Waals surface area (Å²) in [5, 5.41) is 0. The molecule has 2 nitrogen and oxygen atoms in total. The van der Waals surface area contributed by atoms with Crippen LogP contribution in [0.2, 0.25) is 0 Å². The van der Waals surface area contributed by atoms with E-state index in [1.807, 2.05) is 13.8 Å². The van der Waals surface area contributed by atoms with Crippen LogP contribution in [-0.2, 0) is 9.53 Å². The molecule has 0 aromatic rings. The molecule has 0 fully saturated rings. The number of hydrogen-bond donors (Lipinski definition) is 0. The molecule has 25 heavy (non-hydrogen) atoms. The second-order valence-corrected chi connectivity index (χ2v) is 8.10. The summed E-state index contributed by atoms with van der Waals surface area (Å²) in [4.78, 5) is 10.8. The van der Waals surface area contributed by atoms with E-state index < -0.39 is 0 Å². The quantitative estimate of drug-likeness (QED) is 0.139. The van der Waals surface area contributed by atoms with Gasteiger partial charge in [0, 0.05) is 12.0 Å². The van der Waals surface area contributed by atoms with Crippen molar-refractivity contribution in [1.29, 1.82) is 0 Å². The molecule has 0 aliphatic rings. The molecule has 2 heteroatoms. The third kappa shape index (κ3) is 19.5. The van der Waals surface area contributed by atoms with Crippen molar-refractivity contribution in [3.8, 4) is 0 Å². The molecule has 0 aromatic carbocycles. The van der Waals surface area contributed by atoms with Crippen LogP contribution < -0.4 is 0 Å². The van der Waals surface area contributed by atoms with Gasteiger partial charge in [-0.2, -0.15) is 0 Å². The molecule has 148 valence electrons. The maximum atomic E-state index is 10.8. The number of rotatable bonds is 19. The van der Waals surface area contributed by atoms with E-state index in [2.05, 4.69) is 19.1 Å². The van der Waals surface area contributed by atoms with E-state index in [4.69, 9.17) is 4.74 Å². The molecule has 0 amide bonds. The van der Waals surface area contributed by atoms with E-state index in [0.29, 0.717) is 6.61 Å². The van der Waals surface area contributed by atoms with E-state index >= 15 is 0 Å². The van der Waals surface area contributed by atoms with Crippen molar-refractivity contribution >= 4 is 6.29 Å². The van der Waals surface area contributed by atoms with E-state index in [9.17, 15) is 4.79 Å². The highest BCUT2D eigenvalue weighted by Gasteiger charge is 2.15. The van der Waals surface area contributed by atoms with Crippen LogP contribution in [0.25, 0.3) is 0 Å². The lowest BCUT2D eigenvalue weighted by Crippen LogP contribution is -2.21. The molecule has 0 rings (SSSR count). The van der Waals surface area contributed by atoms with Crippen LogP contribution in [0, 0.1) is 5.41 Å². The molecule has 0 radical (unpaired) electrons. The minimum absolute atomic E-state index is 0.331. The lowest BCUT2D eigenvalue weighted by molar-refractivity contribution is -0.117. The van der Waals surface area contributed by atoms with Crippen molar-refractivity contribution < 1.29 is 9.53 Å². The Morgan fingerprint density at radius 1 is 0.720 bits per heavy atom. The fraction of sp³-hybridized carbons (Fsp3) is 0.870. The second kappa shape index (κ2) is 18.2. The Morgan fingerprint density at radius 3 is 1.72 bits per heavy atom. The highest BCUT2D eigenvalue weighted by molar-refractivity contribution is 5.57. The normalized spacial score (nSPS) is 12.1. The van der Waals surface area contributed by atoms with E-state index in [0.717, 1.165) is 19.3 Å². The summed E-state index contributed by atoms with van der Waals surface area (Å²) in [6, 6.07) is 0. The predicted molar refractivity (Wildman–Crippen MR) is 110 cm³/mol. The predicted octanol–water partition coefficient (Wildman–Crippen LogP) is 7.27. The Kier molecular flexibility index (Phi) is 17.7. The number of hydrogen-bond acceptors (Lipinski definition) is 2.